The van der Waals surface area contributed by atoms with E-state index in [9.17, 15) is 0 Å². The molecular formula is C16H20N2O. The Hall–Kier alpha value is -1.84. The van der Waals surface area contributed by atoms with Gasteiger partial charge >= 0.3 is 0 Å². The molecule has 1 atom stereocenters. The lowest BCUT2D eigenvalue weighted by molar-refractivity contribution is 0.411. The monoisotopic (exact) mass is 256 g/mol. The van der Waals surface area contributed by atoms with Crippen LogP contribution < -0.4 is 16.0 Å². The highest BCUT2D eigenvalue weighted by atomic mass is 16.5. The first-order chi connectivity index (χ1) is 9.15. The van der Waals surface area contributed by atoms with Crippen LogP contribution in [-0.4, -0.2) is 7.11 Å². The van der Waals surface area contributed by atoms with E-state index in [0.717, 1.165) is 22.4 Å². The van der Waals surface area contributed by atoms with Crippen molar-refractivity contribution in [3.63, 3.8) is 0 Å². The first kappa shape index (κ1) is 13.6. The maximum absolute atomic E-state index is 5.73. The van der Waals surface area contributed by atoms with Gasteiger partial charge in [-0.05, 0) is 36.6 Å². The summed E-state index contributed by atoms with van der Waals surface area (Å²) in [6, 6.07) is 14.5. The highest BCUT2D eigenvalue weighted by Gasteiger charge is 2.13. The molecule has 2 aromatic carbocycles. The van der Waals surface area contributed by atoms with Crippen LogP contribution in [0.4, 0.5) is 0 Å². The highest BCUT2D eigenvalue weighted by Crippen LogP contribution is 2.26. The molecule has 0 aliphatic carbocycles. The first-order valence-corrected chi connectivity index (χ1v) is 6.33. The molecule has 2 aromatic rings. The fraction of sp³-hybridized carbons (Fsp3) is 0.250. The molecule has 1 unspecified atom stereocenters. The van der Waals surface area contributed by atoms with Gasteiger partial charge in [-0.2, -0.15) is 0 Å². The minimum atomic E-state index is -0.00972. The summed E-state index contributed by atoms with van der Waals surface area (Å²) >= 11 is 0. The topological polar surface area (TPSA) is 47.3 Å². The van der Waals surface area contributed by atoms with Gasteiger partial charge in [0, 0.05) is 0 Å². The highest BCUT2D eigenvalue weighted by molar-refractivity contribution is 5.41. The van der Waals surface area contributed by atoms with Gasteiger partial charge in [-0.15, -0.1) is 0 Å². The Bertz CT molecular complexity index is 566. The average molecular weight is 256 g/mol. The van der Waals surface area contributed by atoms with Crippen LogP contribution in [-0.2, 0) is 0 Å². The van der Waals surface area contributed by atoms with Crippen LogP contribution in [0.5, 0.6) is 5.75 Å². The second-order valence-electron chi connectivity index (χ2n) is 4.74. The lowest BCUT2D eigenvalue weighted by Gasteiger charge is -2.18. The number of nitrogens with one attached hydrogen (secondary N) is 1. The molecule has 0 radical (unpaired) electrons. The molecule has 0 aromatic heterocycles. The molecule has 3 nitrogen and oxygen atoms in total. The third-order valence-electron chi connectivity index (χ3n) is 3.29. The van der Waals surface area contributed by atoms with Gasteiger partial charge < -0.3 is 4.74 Å². The Kier molecular flexibility index (Phi) is 4.20. The quantitative estimate of drug-likeness (QED) is 0.653. The van der Waals surface area contributed by atoms with Crippen molar-refractivity contribution < 1.29 is 4.74 Å². The van der Waals surface area contributed by atoms with Crippen LogP contribution in [0.2, 0.25) is 0 Å². The van der Waals surface area contributed by atoms with E-state index in [2.05, 4.69) is 36.6 Å². The minimum Gasteiger partial charge on any atom is -0.496 e. The summed E-state index contributed by atoms with van der Waals surface area (Å²) in [5.74, 6) is 6.62. The van der Waals surface area contributed by atoms with Crippen molar-refractivity contribution in [1.82, 2.24) is 5.43 Å². The standard InChI is InChI=1S/C16H20N2O/c1-11-5-4-6-13(9-11)16(18-17)14-7-8-15(19-3)12(2)10-14/h4-10,16,18H,17H2,1-3H3. The first-order valence-electron chi connectivity index (χ1n) is 6.33. The van der Waals surface area contributed by atoms with Crippen molar-refractivity contribution in [2.75, 3.05) is 7.11 Å². The third-order valence-corrected chi connectivity index (χ3v) is 3.29. The predicted octanol–water partition coefficient (Wildman–Crippen LogP) is 2.86. The summed E-state index contributed by atoms with van der Waals surface area (Å²) in [6.45, 7) is 4.11. The Morgan fingerprint density at radius 3 is 2.37 bits per heavy atom. The number of methoxy groups -OCH3 is 1. The van der Waals surface area contributed by atoms with E-state index in [4.69, 9.17) is 10.6 Å². The van der Waals surface area contributed by atoms with Crippen LogP contribution in [0.1, 0.15) is 28.3 Å². The van der Waals surface area contributed by atoms with E-state index in [-0.39, 0.29) is 6.04 Å². The lowest BCUT2D eigenvalue weighted by atomic mass is 9.96. The van der Waals surface area contributed by atoms with E-state index in [1.165, 1.54) is 5.56 Å². The Balaban J connectivity index is 2.39. The molecular weight excluding hydrogens is 236 g/mol. The molecule has 0 saturated heterocycles. The van der Waals surface area contributed by atoms with Crippen LogP contribution in [0, 0.1) is 13.8 Å². The zero-order chi connectivity index (χ0) is 13.8. The van der Waals surface area contributed by atoms with Crippen molar-refractivity contribution in [2.24, 2.45) is 5.84 Å². The van der Waals surface area contributed by atoms with Gasteiger partial charge in [0.15, 0.2) is 0 Å². The van der Waals surface area contributed by atoms with E-state index in [0.29, 0.717) is 0 Å². The molecule has 100 valence electrons. The zero-order valence-corrected chi connectivity index (χ0v) is 11.6. The van der Waals surface area contributed by atoms with E-state index in [1.54, 1.807) is 7.11 Å². The maximum atomic E-state index is 5.73. The summed E-state index contributed by atoms with van der Waals surface area (Å²) in [4.78, 5) is 0. The zero-order valence-electron chi connectivity index (χ0n) is 11.6. The number of rotatable bonds is 4. The molecule has 3 N–H and O–H groups in total. The predicted molar refractivity (Wildman–Crippen MR) is 78.1 cm³/mol. The average Bonchev–Trinajstić information content (AvgIpc) is 2.40. The molecule has 0 bridgehead atoms. The number of ether oxygens (including phenoxy) is 1. The normalized spacial score (nSPS) is 12.2. The Labute approximate surface area is 114 Å². The summed E-state index contributed by atoms with van der Waals surface area (Å²) in [6.07, 6.45) is 0. The van der Waals surface area contributed by atoms with Crippen LogP contribution in [0.15, 0.2) is 42.5 Å². The second kappa shape index (κ2) is 5.87. The van der Waals surface area contributed by atoms with E-state index in [1.807, 2.05) is 25.1 Å². The van der Waals surface area contributed by atoms with Crippen LogP contribution in [0.25, 0.3) is 0 Å². The molecule has 0 spiro atoms. The minimum absolute atomic E-state index is 0.00972. The number of hydrazine groups is 1. The van der Waals surface area contributed by atoms with Crippen molar-refractivity contribution in [3.05, 3.63) is 64.7 Å². The van der Waals surface area contributed by atoms with Crippen molar-refractivity contribution in [1.29, 1.82) is 0 Å². The van der Waals surface area contributed by atoms with Crippen molar-refractivity contribution in [2.45, 2.75) is 19.9 Å². The van der Waals surface area contributed by atoms with E-state index < -0.39 is 0 Å². The Morgan fingerprint density at radius 1 is 1.05 bits per heavy atom. The van der Waals surface area contributed by atoms with Gasteiger partial charge in [-0.25, -0.2) is 5.43 Å². The summed E-state index contributed by atoms with van der Waals surface area (Å²) in [7, 11) is 1.68. The van der Waals surface area contributed by atoms with Gasteiger partial charge in [0.2, 0.25) is 0 Å². The molecule has 0 aliphatic heterocycles. The second-order valence-corrected chi connectivity index (χ2v) is 4.74. The van der Waals surface area contributed by atoms with E-state index >= 15 is 0 Å². The molecule has 2 rings (SSSR count). The van der Waals surface area contributed by atoms with Gasteiger partial charge in [-0.3, -0.25) is 5.84 Å². The van der Waals surface area contributed by atoms with Gasteiger partial charge in [0.25, 0.3) is 0 Å². The summed E-state index contributed by atoms with van der Waals surface area (Å²) < 4.78 is 5.29. The molecule has 3 heteroatoms. The fourth-order valence-corrected chi connectivity index (χ4v) is 2.32. The number of aryl methyl sites for hydroxylation is 2. The maximum Gasteiger partial charge on any atom is 0.121 e. The number of nitrogens with two attached hydrogens (primary N) is 1. The van der Waals surface area contributed by atoms with Gasteiger partial charge in [-0.1, -0.05) is 42.0 Å². The van der Waals surface area contributed by atoms with Gasteiger partial charge in [0.05, 0.1) is 13.2 Å². The molecule has 19 heavy (non-hydrogen) atoms. The smallest absolute Gasteiger partial charge is 0.121 e. The van der Waals surface area contributed by atoms with Crippen molar-refractivity contribution >= 4 is 0 Å². The lowest BCUT2D eigenvalue weighted by Crippen LogP contribution is -2.28. The third kappa shape index (κ3) is 2.95. The number of hydrogen-bond acceptors (Lipinski definition) is 3. The van der Waals surface area contributed by atoms with Crippen LogP contribution >= 0.6 is 0 Å². The molecule has 0 aliphatic rings. The van der Waals surface area contributed by atoms with Crippen molar-refractivity contribution in [3.8, 4) is 5.75 Å². The SMILES string of the molecule is COc1ccc(C(NN)c2cccc(C)c2)cc1C. The summed E-state index contributed by atoms with van der Waals surface area (Å²) in [5.41, 5.74) is 7.51. The number of benzene rings is 2. The fourth-order valence-electron chi connectivity index (χ4n) is 2.32. The molecule has 0 saturated carbocycles. The molecule has 0 heterocycles. The molecule has 0 fully saturated rings. The number of hydrogen-bond donors (Lipinski definition) is 2. The van der Waals surface area contributed by atoms with Gasteiger partial charge in [0.1, 0.15) is 5.75 Å². The summed E-state index contributed by atoms with van der Waals surface area (Å²) in [5, 5.41) is 0. The molecule has 0 amide bonds. The van der Waals surface area contributed by atoms with Crippen LogP contribution in [0.3, 0.4) is 0 Å². The Morgan fingerprint density at radius 2 is 1.79 bits per heavy atom. The largest absolute Gasteiger partial charge is 0.496 e.